The highest BCUT2D eigenvalue weighted by Crippen LogP contribution is 2.30. The summed E-state index contributed by atoms with van der Waals surface area (Å²) in [5.74, 6) is 0. The molecule has 0 spiro atoms. The number of para-hydroxylation sites is 1. The fourth-order valence-electron chi connectivity index (χ4n) is 2.68. The summed E-state index contributed by atoms with van der Waals surface area (Å²) in [4.78, 5) is 12.2. The van der Waals surface area contributed by atoms with Crippen LogP contribution in [0.3, 0.4) is 0 Å². The summed E-state index contributed by atoms with van der Waals surface area (Å²) in [7, 11) is 1.94. The molecule has 3 aromatic rings. The molecule has 3 heterocycles. The first-order valence-electron chi connectivity index (χ1n) is 7.17. The topological polar surface area (TPSA) is 70.9 Å². The van der Waals surface area contributed by atoms with E-state index in [9.17, 15) is 0 Å². The molecule has 7 heteroatoms. The molecule has 0 aliphatic carbocycles. The Morgan fingerprint density at radius 3 is 3.23 bits per heavy atom. The molecular weight excluding hydrogens is 296 g/mol. The minimum atomic E-state index is 0.409. The van der Waals surface area contributed by atoms with Crippen LogP contribution in [-0.4, -0.2) is 43.6 Å². The first-order chi connectivity index (χ1) is 10.8. The van der Waals surface area contributed by atoms with E-state index in [1.54, 1.807) is 24.4 Å². The Hall–Kier alpha value is -2.28. The second-order valence-corrected chi connectivity index (χ2v) is 6.50. The Kier molecular flexibility index (Phi) is 3.34. The predicted molar refractivity (Wildman–Crippen MR) is 90.7 cm³/mol. The van der Waals surface area contributed by atoms with Crippen molar-refractivity contribution in [1.29, 1.82) is 0 Å². The van der Waals surface area contributed by atoms with Crippen LogP contribution in [0, 0.1) is 0 Å². The molecule has 0 fully saturated rings. The second kappa shape index (κ2) is 5.49. The molecule has 1 aliphatic rings. The lowest BCUT2D eigenvalue weighted by Gasteiger charge is -2.07. The average Bonchev–Trinajstić information content (AvgIpc) is 3.26. The quantitative estimate of drug-likeness (QED) is 0.776. The molecule has 22 heavy (non-hydrogen) atoms. The Labute approximate surface area is 132 Å². The average molecular weight is 312 g/mol. The molecule has 1 aromatic carbocycles. The molecule has 0 bridgehead atoms. The third-order valence-electron chi connectivity index (χ3n) is 3.73. The monoisotopic (exact) mass is 312 g/mol. The van der Waals surface area contributed by atoms with Gasteiger partial charge in [-0.3, -0.25) is 9.67 Å². The highest BCUT2D eigenvalue weighted by Gasteiger charge is 2.22. The molecule has 0 saturated carbocycles. The van der Waals surface area contributed by atoms with E-state index < -0.39 is 0 Å². The molecule has 4 rings (SSSR count). The van der Waals surface area contributed by atoms with Crippen molar-refractivity contribution >= 4 is 33.4 Å². The lowest BCUT2D eigenvalue weighted by Crippen LogP contribution is -2.14. The summed E-state index contributed by atoms with van der Waals surface area (Å²) in [6.45, 7) is 1.65. The SMILES string of the molecule is CNc1cccc2cc(C3=NCC(Cn4cncn4)S3)[nH]c12. The smallest absolute Gasteiger partial charge is 0.137 e. The Bertz CT molecular complexity index is 820. The standard InChI is InChI=1S/C15H16N6S/c1-16-12-4-2-3-10-5-13(20-14(10)12)15-18-6-11(22-15)7-21-9-17-8-19-21/h2-5,8-9,11,16,20H,6-7H2,1H3. The van der Waals surface area contributed by atoms with Crippen LogP contribution in [0.5, 0.6) is 0 Å². The number of thioether (sulfide) groups is 1. The number of nitrogens with zero attached hydrogens (tertiary/aromatic N) is 4. The van der Waals surface area contributed by atoms with Crippen LogP contribution < -0.4 is 5.32 Å². The number of aliphatic imine (C=N–C) groups is 1. The lowest BCUT2D eigenvalue weighted by atomic mass is 10.2. The Morgan fingerprint density at radius 1 is 1.45 bits per heavy atom. The maximum Gasteiger partial charge on any atom is 0.137 e. The molecule has 6 nitrogen and oxygen atoms in total. The fourth-order valence-corrected chi connectivity index (χ4v) is 3.75. The zero-order valence-electron chi connectivity index (χ0n) is 12.2. The van der Waals surface area contributed by atoms with Gasteiger partial charge in [-0.15, -0.1) is 0 Å². The second-order valence-electron chi connectivity index (χ2n) is 5.21. The van der Waals surface area contributed by atoms with Crippen LogP contribution in [0.1, 0.15) is 5.69 Å². The number of hydrogen-bond acceptors (Lipinski definition) is 5. The zero-order chi connectivity index (χ0) is 14.9. The van der Waals surface area contributed by atoms with Gasteiger partial charge in [0.25, 0.3) is 0 Å². The van der Waals surface area contributed by atoms with Gasteiger partial charge in [0.1, 0.15) is 17.7 Å². The number of aromatic nitrogens is 4. The number of hydrogen-bond donors (Lipinski definition) is 2. The van der Waals surface area contributed by atoms with Gasteiger partial charge in [0.2, 0.25) is 0 Å². The fraction of sp³-hybridized carbons (Fsp3) is 0.267. The van der Waals surface area contributed by atoms with E-state index in [-0.39, 0.29) is 0 Å². The van der Waals surface area contributed by atoms with Crippen LogP contribution in [-0.2, 0) is 6.54 Å². The van der Waals surface area contributed by atoms with E-state index in [1.165, 1.54) is 5.39 Å². The molecule has 1 aliphatic heterocycles. The zero-order valence-corrected chi connectivity index (χ0v) is 13.0. The molecule has 112 valence electrons. The number of nitrogens with one attached hydrogen (secondary N) is 2. The van der Waals surface area contributed by atoms with Gasteiger partial charge in [0.15, 0.2) is 0 Å². The van der Waals surface area contributed by atoms with Crippen molar-refractivity contribution in [2.75, 3.05) is 18.9 Å². The van der Waals surface area contributed by atoms with Gasteiger partial charge in [-0.25, -0.2) is 4.98 Å². The third kappa shape index (κ3) is 2.37. The number of fused-ring (bicyclic) bond motifs is 1. The van der Waals surface area contributed by atoms with E-state index in [4.69, 9.17) is 0 Å². The number of H-pyrrole nitrogens is 1. The highest BCUT2D eigenvalue weighted by molar-refractivity contribution is 8.15. The minimum absolute atomic E-state index is 0.409. The van der Waals surface area contributed by atoms with Crippen molar-refractivity contribution in [2.45, 2.75) is 11.8 Å². The van der Waals surface area contributed by atoms with Crippen LogP contribution in [0.2, 0.25) is 0 Å². The summed E-state index contributed by atoms with van der Waals surface area (Å²) in [6.07, 6.45) is 3.32. The summed E-state index contributed by atoms with van der Waals surface area (Å²) in [5, 5.41) is 10.1. The number of rotatable bonds is 4. The van der Waals surface area contributed by atoms with E-state index in [0.29, 0.717) is 5.25 Å². The summed E-state index contributed by atoms with van der Waals surface area (Å²) in [6, 6.07) is 8.41. The maximum atomic E-state index is 4.69. The van der Waals surface area contributed by atoms with Crippen LogP contribution >= 0.6 is 11.8 Å². The first kappa shape index (κ1) is 13.4. The Balaban J connectivity index is 1.55. The van der Waals surface area contributed by atoms with E-state index in [1.807, 2.05) is 11.7 Å². The van der Waals surface area contributed by atoms with Gasteiger partial charge in [0, 0.05) is 12.4 Å². The predicted octanol–water partition coefficient (Wildman–Crippen LogP) is 2.36. The molecule has 2 N–H and O–H groups in total. The third-order valence-corrected chi connectivity index (χ3v) is 4.93. The van der Waals surface area contributed by atoms with Crippen molar-refractivity contribution in [1.82, 2.24) is 19.7 Å². The summed E-state index contributed by atoms with van der Waals surface area (Å²) < 4.78 is 1.86. The van der Waals surface area contributed by atoms with Crippen molar-refractivity contribution in [2.24, 2.45) is 4.99 Å². The van der Waals surface area contributed by atoms with Crippen molar-refractivity contribution in [3.05, 3.63) is 42.6 Å². The molecule has 2 aromatic heterocycles. The van der Waals surface area contributed by atoms with E-state index in [0.717, 1.165) is 35.0 Å². The molecule has 0 radical (unpaired) electrons. The van der Waals surface area contributed by atoms with Crippen LogP contribution in [0.25, 0.3) is 10.9 Å². The van der Waals surface area contributed by atoms with E-state index in [2.05, 4.69) is 49.6 Å². The summed E-state index contributed by atoms with van der Waals surface area (Å²) >= 11 is 1.80. The molecule has 0 saturated heterocycles. The molecule has 1 atom stereocenters. The molecule has 0 amide bonds. The van der Waals surface area contributed by atoms with Gasteiger partial charge in [-0.05, 0) is 12.1 Å². The van der Waals surface area contributed by atoms with Gasteiger partial charge >= 0.3 is 0 Å². The number of anilines is 1. The number of benzene rings is 1. The summed E-state index contributed by atoms with van der Waals surface area (Å²) in [5.41, 5.74) is 3.32. The van der Waals surface area contributed by atoms with E-state index >= 15 is 0 Å². The van der Waals surface area contributed by atoms with Crippen molar-refractivity contribution < 1.29 is 0 Å². The van der Waals surface area contributed by atoms with Crippen LogP contribution in [0.15, 0.2) is 41.9 Å². The van der Waals surface area contributed by atoms with Crippen molar-refractivity contribution in [3.8, 4) is 0 Å². The minimum Gasteiger partial charge on any atom is -0.386 e. The largest absolute Gasteiger partial charge is 0.386 e. The van der Waals surface area contributed by atoms with Crippen LogP contribution in [0.4, 0.5) is 5.69 Å². The molecule has 1 unspecified atom stereocenters. The van der Waals surface area contributed by atoms with Gasteiger partial charge in [-0.2, -0.15) is 5.10 Å². The number of aromatic amines is 1. The lowest BCUT2D eigenvalue weighted by molar-refractivity contribution is 0.599. The first-order valence-corrected chi connectivity index (χ1v) is 8.05. The molecular formula is C15H16N6S. The maximum absolute atomic E-state index is 4.69. The normalized spacial score (nSPS) is 17.9. The Morgan fingerprint density at radius 2 is 2.41 bits per heavy atom. The van der Waals surface area contributed by atoms with Gasteiger partial charge in [-0.1, -0.05) is 23.9 Å². The van der Waals surface area contributed by atoms with Crippen molar-refractivity contribution in [3.63, 3.8) is 0 Å². The highest BCUT2D eigenvalue weighted by atomic mass is 32.2. The van der Waals surface area contributed by atoms with Gasteiger partial charge in [0.05, 0.1) is 35.2 Å². The van der Waals surface area contributed by atoms with Gasteiger partial charge < -0.3 is 10.3 Å².